The highest BCUT2D eigenvalue weighted by molar-refractivity contribution is 5.90. The van der Waals surface area contributed by atoms with E-state index >= 15 is 0 Å². The Bertz CT molecular complexity index is 194. The van der Waals surface area contributed by atoms with Gasteiger partial charge >= 0.3 is 11.9 Å². The quantitative estimate of drug-likeness (QED) is 0.273. The van der Waals surface area contributed by atoms with E-state index in [1.54, 1.807) is 0 Å². The van der Waals surface area contributed by atoms with Gasteiger partial charge in [0.05, 0.1) is 0 Å². The zero-order valence-electron chi connectivity index (χ0n) is 6.01. The van der Waals surface area contributed by atoms with Crippen molar-refractivity contribution in [3.63, 3.8) is 0 Å². The van der Waals surface area contributed by atoms with Crippen LogP contribution in [0.4, 0.5) is 0 Å². The molecular formula is C6H8O6. The molecule has 12 heavy (non-hydrogen) atoms. The van der Waals surface area contributed by atoms with E-state index in [2.05, 4.69) is 4.74 Å². The van der Waals surface area contributed by atoms with Crippen LogP contribution >= 0.6 is 0 Å². The van der Waals surface area contributed by atoms with Crippen molar-refractivity contribution in [2.24, 2.45) is 0 Å². The monoisotopic (exact) mass is 176 g/mol. The molecule has 0 aliphatic rings. The zero-order valence-corrected chi connectivity index (χ0v) is 6.01. The maximum atomic E-state index is 10.5. The number of carboxylic acids is 1. The lowest BCUT2D eigenvalue weighted by molar-refractivity contribution is -0.151. The molecule has 0 bridgehead atoms. The molecule has 3 N–H and O–H groups in total. The Kier molecular flexibility index (Phi) is 4.66. The van der Waals surface area contributed by atoms with Gasteiger partial charge in [0.2, 0.25) is 0 Å². The molecule has 0 saturated carbocycles. The Morgan fingerprint density at radius 1 is 1.33 bits per heavy atom. The Hall–Kier alpha value is -1.40. The summed E-state index contributed by atoms with van der Waals surface area (Å²) in [7, 11) is 0. The number of esters is 1. The number of aliphatic hydroxyl groups is 2. The van der Waals surface area contributed by atoms with Crippen LogP contribution in [0.3, 0.4) is 0 Å². The summed E-state index contributed by atoms with van der Waals surface area (Å²) in [6.45, 7) is -0.581. The Morgan fingerprint density at radius 3 is 2.33 bits per heavy atom. The number of rotatable bonds is 4. The lowest BCUT2D eigenvalue weighted by Crippen LogP contribution is -2.16. The number of aliphatic hydroxyl groups excluding tert-OH is 1. The topological polar surface area (TPSA) is 104 Å². The van der Waals surface area contributed by atoms with Gasteiger partial charge in [-0.1, -0.05) is 0 Å². The summed E-state index contributed by atoms with van der Waals surface area (Å²) in [5.74, 6) is -2.22. The lowest BCUT2D eigenvalue weighted by atomic mass is 10.5. The molecule has 0 atom stereocenters. The van der Waals surface area contributed by atoms with E-state index < -0.39 is 24.8 Å². The van der Waals surface area contributed by atoms with Crippen molar-refractivity contribution < 1.29 is 29.6 Å². The smallest absolute Gasteiger partial charge is 0.331 e. The average Bonchev–Trinajstić information content (AvgIpc) is 1.96. The fourth-order valence-corrected chi connectivity index (χ4v) is 0.344. The molecule has 6 nitrogen and oxygen atoms in total. The summed E-state index contributed by atoms with van der Waals surface area (Å²) in [5.41, 5.74) is 0. The maximum absolute atomic E-state index is 10.5. The highest BCUT2D eigenvalue weighted by Crippen LogP contribution is 1.84. The first-order chi connectivity index (χ1) is 5.52. The minimum Gasteiger partial charge on any atom is -0.478 e. The van der Waals surface area contributed by atoms with E-state index in [1.165, 1.54) is 0 Å². The predicted octanol–water partition coefficient (Wildman–Crippen LogP) is -1.52. The van der Waals surface area contributed by atoms with Crippen molar-refractivity contribution in [1.82, 2.24) is 0 Å². The van der Waals surface area contributed by atoms with E-state index in [1.807, 2.05) is 0 Å². The van der Waals surface area contributed by atoms with Crippen molar-refractivity contribution >= 4 is 11.9 Å². The molecule has 0 heterocycles. The van der Waals surface area contributed by atoms with Crippen LogP contribution in [-0.2, 0) is 14.3 Å². The SMILES string of the molecule is O=C(O)/C=C/C(=O)OCC(O)O. The van der Waals surface area contributed by atoms with E-state index in [4.69, 9.17) is 15.3 Å². The summed E-state index contributed by atoms with van der Waals surface area (Å²) in [6, 6.07) is 0. The molecule has 0 aromatic heterocycles. The third-order valence-electron chi connectivity index (χ3n) is 0.737. The summed E-state index contributed by atoms with van der Waals surface area (Å²) < 4.78 is 4.16. The van der Waals surface area contributed by atoms with Crippen molar-refractivity contribution in [3.05, 3.63) is 12.2 Å². The van der Waals surface area contributed by atoms with Gasteiger partial charge in [-0.05, 0) is 0 Å². The van der Waals surface area contributed by atoms with Crippen LogP contribution in [0.1, 0.15) is 0 Å². The summed E-state index contributed by atoms with van der Waals surface area (Å²) in [4.78, 5) is 20.3. The highest BCUT2D eigenvalue weighted by atomic mass is 16.6. The van der Waals surface area contributed by atoms with Gasteiger partial charge in [0.25, 0.3) is 0 Å². The number of aliphatic carboxylic acids is 1. The average molecular weight is 176 g/mol. The number of carbonyl (C=O) groups excluding carboxylic acids is 1. The van der Waals surface area contributed by atoms with Gasteiger partial charge in [0, 0.05) is 12.2 Å². The van der Waals surface area contributed by atoms with E-state index in [0.717, 1.165) is 0 Å². The molecule has 0 saturated heterocycles. The first-order valence-corrected chi connectivity index (χ1v) is 2.96. The van der Waals surface area contributed by atoms with Crippen molar-refractivity contribution in [3.8, 4) is 0 Å². The van der Waals surface area contributed by atoms with Gasteiger partial charge in [0.15, 0.2) is 6.29 Å². The van der Waals surface area contributed by atoms with E-state index in [0.29, 0.717) is 12.2 Å². The second kappa shape index (κ2) is 5.28. The molecular weight excluding hydrogens is 168 g/mol. The van der Waals surface area contributed by atoms with Gasteiger partial charge in [-0.2, -0.15) is 0 Å². The largest absolute Gasteiger partial charge is 0.478 e. The molecule has 0 aromatic rings. The fourth-order valence-electron chi connectivity index (χ4n) is 0.344. The molecule has 0 amide bonds. The molecule has 0 spiro atoms. The molecule has 0 rings (SSSR count). The molecule has 0 aliphatic heterocycles. The van der Waals surface area contributed by atoms with Crippen molar-refractivity contribution in [1.29, 1.82) is 0 Å². The second-order valence-corrected chi connectivity index (χ2v) is 1.78. The third-order valence-corrected chi connectivity index (χ3v) is 0.737. The Labute approximate surface area is 67.7 Å². The fraction of sp³-hybridized carbons (Fsp3) is 0.333. The zero-order chi connectivity index (χ0) is 9.56. The number of carbonyl (C=O) groups is 2. The van der Waals surface area contributed by atoms with E-state index in [-0.39, 0.29) is 0 Å². The molecule has 0 unspecified atom stereocenters. The standard InChI is InChI=1S/C6H8O6/c7-4(8)1-2-6(11)12-3-5(9)10/h1-2,5,9-10H,3H2,(H,7,8)/b2-1+. The van der Waals surface area contributed by atoms with Gasteiger partial charge < -0.3 is 20.1 Å². The molecule has 0 fully saturated rings. The number of ether oxygens (including phenoxy) is 1. The van der Waals surface area contributed by atoms with Crippen LogP contribution in [0.2, 0.25) is 0 Å². The van der Waals surface area contributed by atoms with Crippen molar-refractivity contribution in [2.75, 3.05) is 6.61 Å². The molecule has 6 heteroatoms. The first-order valence-electron chi connectivity index (χ1n) is 2.96. The minimum absolute atomic E-state index is 0.581. The van der Waals surface area contributed by atoms with Gasteiger partial charge in [-0.25, -0.2) is 9.59 Å². The first kappa shape index (κ1) is 10.6. The number of hydrogen-bond donors (Lipinski definition) is 3. The van der Waals surface area contributed by atoms with Gasteiger partial charge in [0.1, 0.15) is 6.61 Å². The Balaban J connectivity index is 3.67. The normalized spacial score (nSPS) is 10.6. The maximum Gasteiger partial charge on any atom is 0.331 e. The molecule has 0 radical (unpaired) electrons. The van der Waals surface area contributed by atoms with Gasteiger partial charge in [-0.3, -0.25) is 0 Å². The molecule has 0 aromatic carbocycles. The van der Waals surface area contributed by atoms with Crippen LogP contribution in [-0.4, -0.2) is 40.2 Å². The summed E-state index contributed by atoms with van der Waals surface area (Å²) in [5, 5.41) is 24.5. The second-order valence-electron chi connectivity index (χ2n) is 1.78. The minimum atomic E-state index is -1.74. The Morgan fingerprint density at radius 2 is 1.92 bits per heavy atom. The summed E-state index contributed by atoms with van der Waals surface area (Å²) in [6.07, 6.45) is -0.483. The van der Waals surface area contributed by atoms with Crippen molar-refractivity contribution in [2.45, 2.75) is 6.29 Å². The van der Waals surface area contributed by atoms with Crippen LogP contribution in [0.5, 0.6) is 0 Å². The predicted molar refractivity (Wildman–Crippen MR) is 36.0 cm³/mol. The highest BCUT2D eigenvalue weighted by Gasteiger charge is 2.01. The van der Waals surface area contributed by atoms with Crippen LogP contribution in [0.15, 0.2) is 12.2 Å². The number of carboxylic acid groups (broad SMARTS) is 1. The van der Waals surface area contributed by atoms with Gasteiger partial charge in [-0.15, -0.1) is 0 Å². The van der Waals surface area contributed by atoms with Crippen LogP contribution in [0.25, 0.3) is 0 Å². The number of hydrogen-bond acceptors (Lipinski definition) is 5. The van der Waals surface area contributed by atoms with Crippen LogP contribution in [0, 0.1) is 0 Å². The van der Waals surface area contributed by atoms with E-state index in [9.17, 15) is 9.59 Å². The lowest BCUT2D eigenvalue weighted by Gasteiger charge is -2.01. The molecule has 68 valence electrons. The van der Waals surface area contributed by atoms with Crippen LogP contribution < -0.4 is 0 Å². The molecule has 0 aliphatic carbocycles. The summed E-state index contributed by atoms with van der Waals surface area (Å²) >= 11 is 0. The third kappa shape index (κ3) is 6.72.